The molecule has 1 aliphatic carbocycles. The topological polar surface area (TPSA) is 163 Å². The SMILES string of the molecule is NC(=O)c1ccc(O)c(C=O)c1.Nc1ncccc1-c1nc2ccc(-c3nccs3)nc2n1-c1ccc2c(c1)CCC2. The van der Waals surface area contributed by atoms with E-state index >= 15 is 0 Å². The van der Waals surface area contributed by atoms with Gasteiger partial charge in [0.15, 0.2) is 17.8 Å². The third kappa shape index (κ3) is 5.08. The van der Waals surface area contributed by atoms with Gasteiger partial charge in [-0.1, -0.05) is 6.07 Å². The number of hydrogen-bond donors (Lipinski definition) is 3. The van der Waals surface area contributed by atoms with Gasteiger partial charge in [0.05, 0.1) is 11.1 Å². The summed E-state index contributed by atoms with van der Waals surface area (Å²) < 4.78 is 2.10. The molecule has 0 saturated carbocycles. The molecular weight excluding hydrogens is 550 g/mol. The zero-order valence-electron chi connectivity index (χ0n) is 22.3. The maximum absolute atomic E-state index is 10.6. The van der Waals surface area contributed by atoms with Gasteiger partial charge in [-0.2, -0.15) is 0 Å². The number of imidazole rings is 1. The fraction of sp³-hybridized carbons (Fsp3) is 0.0968. The van der Waals surface area contributed by atoms with Gasteiger partial charge in [0.25, 0.3) is 0 Å². The van der Waals surface area contributed by atoms with Crippen LogP contribution in [0.2, 0.25) is 0 Å². The largest absolute Gasteiger partial charge is 0.507 e. The maximum atomic E-state index is 10.6. The number of amides is 1. The fourth-order valence-electron chi connectivity index (χ4n) is 4.96. The van der Waals surface area contributed by atoms with Crippen molar-refractivity contribution in [2.24, 2.45) is 5.73 Å². The van der Waals surface area contributed by atoms with Crippen LogP contribution in [-0.2, 0) is 12.8 Å². The van der Waals surface area contributed by atoms with Crippen molar-refractivity contribution in [3.05, 3.63) is 101 Å². The quantitative estimate of drug-likeness (QED) is 0.242. The number of aromatic nitrogens is 5. The minimum Gasteiger partial charge on any atom is -0.507 e. The average molecular weight is 576 g/mol. The Morgan fingerprint density at radius 1 is 0.976 bits per heavy atom. The van der Waals surface area contributed by atoms with Crippen molar-refractivity contribution in [3.8, 4) is 33.5 Å². The first kappa shape index (κ1) is 26.8. The van der Waals surface area contributed by atoms with E-state index in [4.69, 9.17) is 26.5 Å². The van der Waals surface area contributed by atoms with Gasteiger partial charge in [-0.15, -0.1) is 11.3 Å². The van der Waals surface area contributed by atoms with Crippen LogP contribution in [-0.4, -0.2) is 41.8 Å². The highest BCUT2D eigenvalue weighted by atomic mass is 32.1. The molecule has 0 fully saturated rings. The lowest BCUT2D eigenvalue weighted by Crippen LogP contribution is -2.10. The van der Waals surface area contributed by atoms with Gasteiger partial charge in [0.2, 0.25) is 5.91 Å². The van der Waals surface area contributed by atoms with Gasteiger partial charge >= 0.3 is 0 Å². The van der Waals surface area contributed by atoms with Crippen molar-refractivity contribution in [1.82, 2.24) is 24.5 Å². The number of benzene rings is 2. The van der Waals surface area contributed by atoms with E-state index in [0.717, 1.165) is 51.8 Å². The predicted molar refractivity (Wildman–Crippen MR) is 162 cm³/mol. The Morgan fingerprint density at radius 2 is 1.83 bits per heavy atom. The minimum atomic E-state index is -0.627. The summed E-state index contributed by atoms with van der Waals surface area (Å²) in [6.45, 7) is 0. The van der Waals surface area contributed by atoms with E-state index < -0.39 is 5.91 Å². The lowest BCUT2D eigenvalue weighted by Gasteiger charge is -2.12. The number of aryl methyl sites for hydroxylation is 2. The number of nitrogens with two attached hydrogens (primary N) is 2. The number of nitrogen functional groups attached to an aromatic ring is 1. The number of carbonyl (C=O) groups is 2. The number of aldehydes is 1. The second-order valence-corrected chi connectivity index (χ2v) is 10.5. The second-order valence-electron chi connectivity index (χ2n) is 9.65. The first-order valence-electron chi connectivity index (χ1n) is 13.1. The smallest absolute Gasteiger partial charge is 0.248 e. The second kappa shape index (κ2) is 11.2. The first-order valence-corrected chi connectivity index (χ1v) is 14.0. The zero-order chi connectivity index (χ0) is 29.2. The van der Waals surface area contributed by atoms with E-state index in [9.17, 15) is 9.59 Å². The van der Waals surface area contributed by atoms with Crippen molar-refractivity contribution in [1.29, 1.82) is 0 Å². The number of fused-ring (bicyclic) bond motifs is 2. The fourth-order valence-corrected chi connectivity index (χ4v) is 5.56. The summed E-state index contributed by atoms with van der Waals surface area (Å²) in [4.78, 5) is 39.4. The number of anilines is 1. The number of primary amides is 1. The highest BCUT2D eigenvalue weighted by Gasteiger charge is 2.20. The lowest BCUT2D eigenvalue weighted by atomic mass is 10.1. The van der Waals surface area contributed by atoms with Crippen LogP contribution in [0.15, 0.2) is 78.4 Å². The number of carbonyl (C=O) groups excluding carboxylic acids is 2. The van der Waals surface area contributed by atoms with Gasteiger partial charge in [0.1, 0.15) is 27.8 Å². The molecule has 0 spiro atoms. The molecule has 0 aliphatic heterocycles. The average Bonchev–Trinajstić information content (AvgIpc) is 3.77. The van der Waals surface area contributed by atoms with E-state index in [2.05, 4.69) is 32.7 Å². The van der Waals surface area contributed by atoms with Crippen LogP contribution in [0.4, 0.5) is 5.82 Å². The number of hydrogen-bond acceptors (Lipinski definition) is 9. The first-order chi connectivity index (χ1) is 20.4. The Balaban J connectivity index is 0.000000223. The summed E-state index contributed by atoms with van der Waals surface area (Å²) in [6.07, 6.45) is 7.42. The normalized spacial score (nSPS) is 12.0. The van der Waals surface area contributed by atoms with E-state index in [-0.39, 0.29) is 16.9 Å². The van der Waals surface area contributed by atoms with Crippen molar-refractivity contribution >= 4 is 40.5 Å². The zero-order valence-corrected chi connectivity index (χ0v) is 23.1. The molecule has 7 rings (SSSR count). The Kier molecular flexibility index (Phi) is 7.16. The van der Waals surface area contributed by atoms with Crippen molar-refractivity contribution in [2.45, 2.75) is 19.3 Å². The predicted octanol–water partition coefficient (Wildman–Crippen LogP) is 4.98. The van der Waals surface area contributed by atoms with Crippen molar-refractivity contribution in [2.75, 3.05) is 5.73 Å². The van der Waals surface area contributed by atoms with E-state index in [1.807, 2.05) is 29.6 Å². The number of thiazole rings is 1. The van der Waals surface area contributed by atoms with Crippen LogP contribution in [0.1, 0.15) is 38.3 Å². The number of pyridine rings is 2. The molecule has 10 nitrogen and oxygen atoms in total. The number of phenolic OH excluding ortho intramolecular Hbond substituents is 1. The molecule has 42 heavy (non-hydrogen) atoms. The molecule has 0 atom stereocenters. The van der Waals surface area contributed by atoms with Crippen LogP contribution in [0.25, 0.3) is 38.9 Å². The molecule has 11 heteroatoms. The molecule has 6 aromatic rings. The van der Waals surface area contributed by atoms with Gasteiger partial charge in [-0.05, 0) is 85.0 Å². The van der Waals surface area contributed by atoms with Gasteiger partial charge in [-0.3, -0.25) is 14.2 Å². The lowest BCUT2D eigenvalue weighted by molar-refractivity contribution is 0.1000. The summed E-state index contributed by atoms with van der Waals surface area (Å²) >= 11 is 1.57. The summed E-state index contributed by atoms with van der Waals surface area (Å²) in [5, 5.41) is 11.9. The molecule has 0 saturated heterocycles. The number of rotatable bonds is 5. The van der Waals surface area contributed by atoms with Crippen molar-refractivity contribution in [3.63, 3.8) is 0 Å². The van der Waals surface area contributed by atoms with Crippen LogP contribution in [0, 0.1) is 0 Å². The van der Waals surface area contributed by atoms with E-state index in [0.29, 0.717) is 12.1 Å². The maximum Gasteiger partial charge on any atom is 0.248 e. The number of phenols is 1. The number of nitrogens with zero attached hydrogens (tertiary/aromatic N) is 5. The van der Waals surface area contributed by atoms with Gasteiger partial charge in [-0.25, -0.2) is 19.9 Å². The third-order valence-electron chi connectivity index (χ3n) is 7.01. The van der Waals surface area contributed by atoms with Gasteiger partial charge in [0, 0.05) is 29.0 Å². The molecule has 208 valence electrons. The molecule has 1 aliphatic rings. The standard InChI is InChI=1S/C23H18N6S.C8H7NO3/c24-20-17(5-2-10-25-20)21-27-18-8-9-19(23-26-11-12-30-23)28-22(18)29(21)16-7-6-14-3-1-4-15(14)13-16;9-8(12)5-1-2-7(11)6(3-5)4-10/h2,5-13H,1,3-4H2,(H2,24,25);1-4,11H,(H2,9,12). The number of aromatic hydroxyl groups is 1. The molecule has 0 radical (unpaired) electrons. The molecule has 0 unspecified atom stereocenters. The highest BCUT2D eigenvalue weighted by Crippen LogP contribution is 2.33. The summed E-state index contributed by atoms with van der Waals surface area (Å²) in [6, 6.07) is 18.3. The summed E-state index contributed by atoms with van der Waals surface area (Å²) in [5.41, 5.74) is 18.6. The highest BCUT2D eigenvalue weighted by molar-refractivity contribution is 7.13. The summed E-state index contributed by atoms with van der Waals surface area (Å²) in [7, 11) is 0. The van der Waals surface area contributed by atoms with E-state index in [1.165, 1.54) is 35.7 Å². The molecule has 1 amide bonds. The molecule has 2 aromatic carbocycles. The van der Waals surface area contributed by atoms with Crippen LogP contribution >= 0.6 is 11.3 Å². The monoisotopic (exact) mass is 575 g/mol. The van der Waals surface area contributed by atoms with Crippen LogP contribution in [0.3, 0.4) is 0 Å². The Bertz CT molecular complexity index is 1950. The molecule has 5 N–H and O–H groups in total. The molecule has 4 heterocycles. The Labute approximate surface area is 244 Å². The van der Waals surface area contributed by atoms with E-state index in [1.54, 1.807) is 23.7 Å². The Hall–Kier alpha value is -5.42. The van der Waals surface area contributed by atoms with Crippen LogP contribution < -0.4 is 11.5 Å². The van der Waals surface area contributed by atoms with Crippen molar-refractivity contribution < 1.29 is 14.7 Å². The molecular formula is C31H25N7O3S. The molecule has 0 bridgehead atoms. The Morgan fingerprint density at radius 3 is 2.60 bits per heavy atom. The minimum absolute atomic E-state index is 0.0614. The molecule has 4 aromatic heterocycles. The summed E-state index contributed by atoms with van der Waals surface area (Å²) in [5.74, 6) is 0.417. The van der Waals surface area contributed by atoms with Crippen LogP contribution in [0.5, 0.6) is 5.75 Å². The van der Waals surface area contributed by atoms with Gasteiger partial charge < -0.3 is 16.6 Å². The third-order valence-corrected chi connectivity index (χ3v) is 7.81.